The first-order valence-electron chi connectivity index (χ1n) is 5.08. The van der Waals surface area contributed by atoms with Crippen LogP contribution in [0.2, 0.25) is 0 Å². The minimum absolute atomic E-state index is 0.205. The summed E-state index contributed by atoms with van der Waals surface area (Å²) in [6.07, 6.45) is 0.360. The average molecular weight is 233 g/mol. The molecule has 0 aromatic heterocycles. The van der Waals surface area contributed by atoms with Gasteiger partial charge in [-0.05, 0) is 23.8 Å². The number of carbonyl (C=O) groups is 2. The topological polar surface area (TPSA) is 65.0 Å². The molecule has 17 heavy (non-hydrogen) atoms. The minimum atomic E-state index is -0.543. The Balaban J connectivity index is 2.29. The van der Waals surface area contributed by atoms with Gasteiger partial charge >= 0.3 is 5.97 Å². The number of methoxy groups -OCH3 is 1. The molecular formula is C12H11NO4. The molecule has 0 amide bonds. The zero-order valence-corrected chi connectivity index (χ0v) is 9.52. The fourth-order valence-corrected chi connectivity index (χ4v) is 1.67. The van der Waals surface area contributed by atoms with Gasteiger partial charge in [-0.15, -0.1) is 0 Å². The van der Waals surface area contributed by atoms with E-state index in [1.165, 1.54) is 6.92 Å². The summed E-state index contributed by atoms with van der Waals surface area (Å²) < 4.78 is 5.07. The molecule has 1 aliphatic rings. The molecule has 0 saturated heterocycles. The number of hydrogen-bond acceptors (Lipinski definition) is 5. The Bertz CT molecular complexity index is 519. The van der Waals surface area contributed by atoms with Crippen LogP contribution in [0.15, 0.2) is 23.4 Å². The van der Waals surface area contributed by atoms with E-state index in [1.54, 1.807) is 25.3 Å². The van der Waals surface area contributed by atoms with Gasteiger partial charge in [-0.3, -0.25) is 4.79 Å². The number of nitrogens with zero attached hydrogens (tertiary/aromatic N) is 1. The number of fused-ring (bicyclic) bond motifs is 1. The lowest BCUT2D eigenvalue weighted by molar-refractivity contribution is -0.140. The van der Waals surface area contributed by atoms with Crippen LogP contribution in [0.5, 0.6) is 5.75 Å². The molecule has 0 aliphatic heterocycles. The first-order valence-corrected chi connectivity index (χ1v) is 5.08. The maximum atomic E-state index is 11.8. The van der Waals surface area contributed by atoms with Crippen molar-refractivity contribution in [2.45, 2.75) is 13.3 Å². The zero-order chi connectivity index (χ0) is 12.4. The van der Waals surface area contributed by atoms with Crippen molar-refractivity contribution < 1.29 is 19.2 Å². The first-order chi connectivity index (χ1) is 8.11. The lowest BCUT2D eigenvalue weighted by Crippen LogP contribution is -2.09. The van der Waals surface area contributed by atoms with Crippen molar-refractivity contribution >= 4 is 17.5 Å². The van der Waals surface area contributed by atoms with Gasteiger partial charge < -0.3 is 9.57 Å². The Labute approximate surface area is 98.0 Å². The van der Waals surface area contributed by atoms with Crippen molar-refractivity contribution in [3.05, 3.63) is 29.3 Å². The van der Waals surface area contributed by atoms with Crippen molar-refractivity contribution in [3.8, 4) is 5.75 Å². The molecule has 0 atom stereocenters. The lowest BCUT2D eigenvalue weighted by atomic mass is 10.1. The van der Waals surface area contributed by atoms with E-state index in [-0.39, 0.29) is 11.5 Å². The summed E-state index contributed by atoms with van der Waals surface area (Å²) in [5, 5.41) is 3.55. The Hall–Kier alpha value is -2.17. The van der Waals surface area contributed by atoms with Gasteiger partial charge in [0.1, 0.15) is 11.5 Å². The monoisotopic (exact) mass is 233 g/mol. The van der Waals surface area contributed by atoms with Crippen LogP contribution < -0.4 is 4.74 Å². The van der Waals surface area contributed by atoms with Gasteiger partial charge in [0, 0.05) is 18.9 Å². The number of Topliss-reactive ketones (excluding diaryl/α,β-unsaturated/α-hetero) is 1. The van der Waals surface area contributed by atoms with E-state index < -0.39 is 5.97 Å². The maximum absolute atomic E-state index is 11.8. The molecule has 0 radical (unpaired) electrons. The Morgan fingerprint density at radius 1 is 1.41 bits per heavy atom. The van der Waals surface area contributed by atoms with Crippen LogP contribution in [0, 0.1) is 0 Å². The van der Waals surface area contributed by atoms with Gasteiger partial charge in [-0.25, -0.2) is 4.79 Å². The Kier molecular flexibility index (Phi) is 2.91. The van der Waals surface area contributed by atoms with Crippen LogP contribution in [0.4, 0.5) is 0 Å². The number of oxime groups is 1. The van der Waals surface area contributed by atoms with E-state index in [0.717, 1.165) is 5.56 Å². The summed E-state index contributed by atoms with van der Waals surface area (Å²) in [6, 6.07) is 5.18. The number of ether oxygens (including phenoxy) is 1. The predicted octanol–water partition coefficient (Wildman–Crippen LogP) is 1.35. The lowest BCUT2D eigenvalue weighted by Gasteiger charge is -2.00. The van der Waals surface area contributed by atoms with Gasteiger partial charge in [-0.2, -0.15) is 0 Å². The number of rotatable bonds is 2. The van der Waals surface area contributed by atoms with Gasteiger partial charge in [0.25, 0.3) is 0 Å². The Morgan fingerprint density at radius 2 is 2.18 bits per heavy atom. The second-order valence-electron chi connectivity index (χ2n) is 3.65. The second kappa shape index (κ2) is 4.37. The van der Waals surface area contributed by atoms with Crippen LogP contribution in [-0.4, -0.2) is 24.6 Å². The quantitative estimate of drug-likeness (QED) is 0.571. The molecule has 0 bridgehead atoms. The van der Waals surface area contributed by atoms with Crippen LogP contribution in [0.1, 0.15) is 22.8 Å². The smallest absolute Gasteiger partial charge is 0.331 e. The van der Waals surface area contributed by atoms with Crippen molar-refractivity contribution in [2.24, 2.45) is 5.16 Å². The van der Waals surface area contributed by atoms with Crippen LogP contribution >= 0.6 is 0 Å². The molecule has 1 aliphatic carbocycles. The van der Waals surface area contributed by atoms with E-state index in [4.69, 9.17) is 4.74 Å². The summed E-state index contributed by atoms with van der Waals surface area (Å²) in [4.78, 5) is 26.9. The third-order valence-electron chi connectivity index (χ3n) is 2.46. The number of carbonyl (C=O) groups excluding carboxylic acids is 2. The molecule has 2 rings (SSSR count). The number of ketones is 1. The largest absolute Gasteiger partial charge is 0.497 e. The molecule has 88 valence electrons. The summed E-state index contributed by atoms with van der Waals surface area (Å²) in [6.45, 7) is 1.24. The highest BCUT2D eigenvalue weighted by molar-refractivity contribution is 6.49. The highest BCUT2D eigenvalue weighted by Gasteiger charge is 2.27. The molecule has 0 unspecified atom stereocenters. The highest BCUT2D eigenvalue weighted by atomic mass is 16.7. The molecule has 0 fully saturated rings. The highest BCUT2D eigenvalue weighted by Crippen LogP contribution is 2.25. The van der Waals surface area contributed by atoms with Crippen molar-refractivity contribution in [3.63, 3.8) is 0 Å². The van der Waals surface area contributed by atoms with Gasteiger partial charge in [-0.1, -0.05) is 5.16 Å². The third-order valence-corrected chi connectivity index (χ3v) is 2.46. The maximum Gasteiger partial charge on any atom is 0.331 e. The zero-order valence-electron chi connectivity index (χ0n) is 9.52. The van der Waals surface area contributed by atoms with Gasteiger partial charge in [0.05, 0.1) is 7.11 Å². The van der Waals surface area contributed by atoms with Crippen LogP contribution in [0.25, 0.3) is 0 Å². The summed E-state index contributed by atoms with van der Waals surface area (Å²) in [7, 11) is 1.56. The first kappa shape index (κ1) is 11.3. The minimum Gasteiger partial charge on any atom is -0.497 e. The molecular weight excluding hydrogens is 222 g/mol. The molecule has 0 heterocycles. The normalized spacial score (nSPS) is 15.9. The van der Waals surface area contributed by atoms with E-state index in [0.29, 0.717) is 17.7 Å². The molecule has 0 N–H and O–H groups in total. The third kappa shape index (κ3) is 2.18. The van der Waals surface area contributed by atoms with Crippen molar-refractivity contribution in [1.82, 2.24) is 0 Å². The van der Waals surface area contributed by atoms with E-state index in [1.807, 2.05) is 0 Å². The summed E-state index contributed by atoms with van der Waals surface area (Å²) >= 11 is 0. The number of hydrogen-bond donors (Lipinski definition) is 0. The van der Waals surface area contributed by atoms with E-state index in [2.05, 4.69) is 9.99 Å². The molecule has 5 nitrogen and oxygen atoms in total. The van der Waals surface area contributed by atoms with Crippen molar-refractivity contribution in [2.75, 3.05) is 7.11 Å². The van der Waals surface area contributed by atoms with Gasteiger partial charge in [0.15, 0.2) is 0 Å². The SMILES string of the molecule is COc1ccc2c(c1)C/C(=N/OC(C)=O)C2=O. The molecule has 5 heteroatoms. The molecule has 0 spiro atoms. The van der Waals surface area contributed by atoms with Crippen LogP contribution in [-0.2, 0) is 16.1 Å². The molecule has 1 aromatic rings. The summed E-state index contributed by atoms with van der Waals surface area (Å²) in [5.41, 5.74) is 1.65. The average Bonchev–Trinajstić information content (AvgIpc) is 2.63. The van der Waals surface area contributed by atoms with Crippen molar-refractivity contribution in [1.29, 1.82) is 0 Å². The fraction of sp³-hybridized carbons (Fsp3) is 0.250. The Morgan fingerprint density at radius 3 is 2.82 bits per heavy atom. The number of benzene rings is 1. The fourth-order valence-electron chi connectivity index (χ4n) is 1.67. The van der Waals surface area contributed by atoms with Gasteiger partial charge in [0.2, 0.25) is 5.78 Å². The molecule has 0 saturated carbocycles. The molecule has 1 aromatic carbocycles. The standard InChI is InChI=1S/C12H11NO4/c1-7(14)17-13-11-6-8-5-9(16-2)3-4-10(8)12(11)15/h3-5H,6H2,1-2H3/b13-11-. The van der Waals surface area contributed by atoms with E-state index >= 15 is 0 Å². The van der Waals surface area contributed by atoms with Crippen LogP contribution in [0.3, 0.4) is 0 Å². The van der Waals surface area contributed by atoms with E-state index in [9.17, 15) is 9.59 Å². The second-order valence-corrected chi connectivity index (χ2v) is 3.65. The predicted molar refractivity (Wildman–Crippen MR) is 60.2 cm³/mol. The summed E-state index contributed by atoms with van der Waals surface area (Å²) in [5.74, 6) is -0.0620.